The molecule has 1 amide bonds. The molecule has 0 aliphatic heterocycles. The van der Waals surface area contributed by atoms with Crippen LogP contribution in [0, 0.1) is 11.8 Å². The van der Waals surface area contributed by atoms with Gasteiger partial charge in [0.05, 0.1) is 16.8 Å². The first kappa shape index (κ1) is 20.6. The van der Waals surface area contributed by atoms with Crippen molar-refractivity contribution < 1.29 is 9.90 Å². The third kappa shape index (κ3) is 3.35. The minimum atomic E-state index is -0.449. The average Bonchev–Trinajstić information content (AvgIpc) is 3.61. The Morgan fingerprint density at radius 3 is 2.65 bits per heavy atom. The highest BCUT2D eigenvalue weighted by atomic mass is 16.3. The van der Waals surface area contributed by atoms with E-state index in [1.54, 1.807) is 18.3 Å². The number of nitrogens with two attached hydrogens (primary N) is 1. The Balaban J connectivity index is 1.47. The molecule has 34 heavy (non-hydrogen) atoms. The maximum Gasteiger partial charge on any atom is 0.255 e. The van der Waals surface area contributed by atoms with E-state index in [1.807, 2.05) is 54.6 Å². The standard InChI is InChI=1S/C28H23N3O3/c29-26-22-12-17(31-28(34)21-14-20(21)15-6-8-18(32)9-7-15)13-23-25(22)19(10-11-30-27(23)33)24(26)16-4-2-1-3-5-16/h1-8,10-13,18,20-21,32H,9,14,29H2,(H,30,33). The number of hydrogen-bond donors (Lipinski definition) is 3. The van der Waals surface area contributed by atoms with Gasteiger partial charge in [-0.3, -0.25) is 9.59 Å². The first-order chi connectivity index (χ1) is 16.5. The number of allylic oxidation sites excluding steroid dienone is 2. The zero-order chi connectivity index (χ0) is 23.4. The number of nitrogen functional groups attached to an aromatic ring is 1. The number of aliphatic hydroxyl groups excluding tert-OH is 1. The number of aliphatic hydroxyl groups is 1. The summed E-state index contributed by atoms with van der Waals surface area (Å²) in [5.41, 5.74) is 9.85. The molecule has 1 heterocycles. The number of carbonyl (C=O) groups excluding carboxylic acids is 1. The van der Waals surface area contributed by atoms with Gasteiger partial charge in [-0.2, -0.15) is 0 Å². The first-order valence-corrected chi connectivity index (χ1v) is 11.4. The smallest absolute Gasteiger partial charge is 0.255 e. The second-order valence-electron chi connectivity index (χ2n) is 9.06. The number of H-pyrrole nitrogens is 1. The van der Waals surface area contributed by atoms with Gasteiger partial charge in [-0.1, -0.05) is 48.6 Å². The first-order valence-electron chi connectivity index (χ1n) is 11.4. The van der Waals surface area contributed by atoms with E-state index in [4.69, 9.17) is 5.73 Å². The molecule has 1 fully saturated rings. The predicted molar refractivity (Wildman–Crippen MR) is 133 cm³/mol. The lowest BCUT2D eigenvalue weighted by Gasteiger charge is -2.10. The van der Waals surface area contributed by atoms with Crippen molar-refractivity contribution in [3.05, 3.63) is 94.2 Å². The number of carbonyl (C=O) groups is 1. The van der Waals surface area contributed by atoms with Crippen LogP contribution in [0.4, 0.5) is 5.69 Å². The number of rotatable bonds is 3. The van der Waals surface area contributed by atoms with Crippen molar-refractivity contribution in [3.8, 4) is 11.1 Å². The molecule has 4 aromatic rings. The molecule has 0 radical (unpaired) electrons. The van der Waals surface area contributed by atoms with Crippen LogP contribution >= 0.6 is 0 Å². The van der Waals surface area contributed by atoms with Crippen LogP contribution in [0.15, 0.2) is 88.3 Å². The fourth-order valence-electron chi connectivity index (χ4n) is 5.09. The Labute approximate surface area is 195 Å². The van der Waals surface area contributed by atoms with E-state index in [9.17, 15) is 14.7 Å². The van der Waals surface area contributed by atoms with Gasteiger partial charge in [0.2, 0.25) is 5.91 Å². The highest BCUT2D eigenvalue weighted by Gasteiger charge is 2.44. The third-order valence-electron chi connectivity index (χ3n) is 6.87. The fourth-order valence-corrected chi connectivity index (χ4v) is 5.09. The van der Waals surface area contributed by atoms with Gasteiger partial charge in [-0.15, -0.1) is 0 Å². The van der Waals surface area contributed by atoms with Gasteiger partial charge < -0.3 is 15.8 Å². The number of nitrogens with one attached hydrogen (secondary N) is 1. The van der Waals surface area contributed by atoms with Crippen molar-refractivity contribution in [1.82, 2.24) is 4.98 Å². The van der Waals surface area contributed by atoms with Crippen molar-refractivity contribution in [2.45, 2.75) is 18.9 Å². The molecule has 0 spiro atoms. The third-order valence-corrected chi connectivity index (χ3v) is 6.87. The van der Waals surface area contributed by atoms with Crippen molar-refractivity contribution in [2.75, 3.05) is 5.73 Å². The van der Waals surface area contributed by atoms with Gasteiger partial charge in [0.25, 0.3) is 5.56 Å². The molecule has 6 heteroatoms. The fraction of sp³-hybridized carbons (Fsp3) is 0.179. The van der Waals surface area contributed by atoms with Crippen LogP contribution < -0.4 is 16.7 Å². The van der Waals surface area contributed by atoms with Gasteiger partial charge in [0.15, 0.2) is 0 Å². The molecule has 6 rings (SSSR count). The van der Waals surface area contributed by atoms with Gasteiger partial charge >= 0.3 is 0 Å². The van der Waals surface area contributed by atoms with Crippen molar-refractivity contribution in [1.29, 1.82) is 0 Å². The molecule has 0 saturated heterocycles. The molecule has 2 aliphatic carbocycles. The van der Waals surface area contributed by atoms with Crippen molar-refractivity contribution in [3.63, 3.8) is 0 Å². The van der Waals surface area contributed by atoms with Gasteiger partial charge in [0.1, 0.15) is 0 Å². The minimum absolute atomic E-state index is 0.137. The number of amides is 1. The average molecular weight is 450 g/mol. The van der Waals surface area contributed by atoms with Crippen molar-refractivity contribution in [2.24, 2.45) is 16.8 Å². The van der Waals surface area contributed by atoms with E-state index < -0.39 is 6.10 Å². The minimum Gasteiger partial charge on any atom is -0.398 e. The SMILES string of the molecule is Nc1c(-c2ccccc2)c2cc[nH]c(=O)c3cc(=NC(=O)C4CC4C4=CCC(O)C=C4)cc1c23. The molecule has 3 aromatic carbocycles. The number of benzene rings is 2. The van der Waals surface area contributed by atoms with E-state index in [0.29, 0.717) is 22.9 Å². The maximum atomic E-state index is 13.0. The summed E-state index contributed by atoms with van der Waals surface area (Å²) in [5, 5.41) is 12.9. The maximum absolute atomic E-state index is 13.0. The molecule has 0 bridgehead atoms. The van der Waals surface area contributed by atoms with E-state index in [0.717, 1.165) is 39.3 Å². The Bertz CT molecular complexity index is 1630. The molecule has 1 aromatic heterocycles. The van der Waals surface area contributed by atoms with E-state index >= 15 is 0 Å². The number of nitrogens with zero attached hydrogens (tertiary/aromatic N) is 1. The quantitative estimate of drug-likeness (QED) is 0.443. The second kappa shape index (κ2) is 7.78. The highest BCUT2D eigenvalue weighted by Crippen LogP contribution is 2.46. The molecule has 3 atom stereocenters. The summed E-state index contributed by atoms with van der Waals surface area (Å²) in [4.78, 5) is 33.0. The number of hydrogen-bond acceptors (Lipinski definition) is 4. The van der Waals surface area contributed by atoms with Crippen LogP contribution in [0.1, 0.15) is 12.8 Å². The molecule has 168 valence electrons. The van der Waals surface area contributed by atoms with Crippen LogP contribution in [0.25, 0.3) is 32.7 Å². The highest BCUT2D eigenvalue weighted by molar-refractivity contribution is 6.24. The second-order valence-corrected chi connectivity index (χ2v) is 9.06. The van der Waals surface area contributed by atoms with Crippen LogP contribution in [-0.2, 0) is 4.79 Å². The molecule has 1 saturated carbocycles. The number of anilines is 1. The Morgan fingerprint density at radius 2 is 1.88 bits per heavy atom. The van der Waals surface area contributed by atoms with Crippen LogP contribution in [0.5, 0.6) is 0 Å². The summed E-state index contributed by atoms with van der Waals surface area (Å²) >= 11 is 0. The molecule has 4 N–H and O–H groups in total. The molecule has 3 unspecified atom stereocenters. The summed E-state index contributed by atoms with van der Waals surface area (Å²) in [6, 6.07) is 15.2. The Hall–Kier alpha value is -4.03. The molecular formula is C28H23N3O3. The van der Waals surface area contributed by atoms with Crippen LogP contribution in [-0.4, -0.2) is 22.1 Å². The predicted octanol–water partition coefficient (Wildman–Crippen LogP) is 3.68. The zero-order valence-corrected chi connectivity index (χ0v) is 18.4. The topological polar surface area (TPSA) is 109 Å². The summed E-state index contributed by atoms with van der Waals surface area (Å²) in [6.45, 7) is 0. The Kier molecular flexibility index (Phi) is 4.71. The lowest BCUT2D eigenvalue weighted by molar-refractivity contribution is -0.119. The van der Waals surface area contributed by atoms with Crippen LogP contribution in [0.2, 0.25) is 0 Å². The monoisotopic (exact) mass is 449 g/mol. The van der Waals surface area contributed by atoms with Gasteiger partial charge in [-0.25, -0.2) is 4.99 Å². The zero-order valence-electron chi connectivity index (χ0n) is 18.4. The normalized spacial score (nSPS) is 22.3. The lowest BCUT2D eigenvalue weighted by Crippen LogP contribution is -2.12. The van der Waals surface area contributed by atoms with Gasteiger partial charge in [0, 0.05) is 34.1 Å². The number of aromatic nitrogens is 1. The molecule has 2 aliphatic rings. The van der Waals surface area contributed by atoms with Gasteiger partial charge in [-0.05, 0) is 53.5 Å². The summed E-state index contributed by atoms with van der Waals surface area (Å²) in [5.74, 6) is -0.236. The number of aromatic amines is 1. The Morgan fingerprint density at radius 1 is 1.09 bits per heavy atom. The largest absolute Gasteiger partial charge is 0.398 e. The molecular weight excluding hydrogens is 426 g/mol. The summed E-state index contributed by atoms with van der Waals surface area (Å²) in [7, 11) is 0. The molecule has 6 nitrogen and oxygen atoms in total. The van der Waals surface area contributed by atoms with E-state index in [-0.39, 0.29) is 23.3 Å². The van der Waals surface area contributed by atoms with E-state index in [1.165, 1.54) is 0 Å². The summed E-state index contributed by atoms with van der Waals surface area (Å²) in [6.07, 6.45) is 8.16. The summed E-state index contributed by atoms with van der Waals surface area (Å²) < 4.78 is 0. The van der Waals surface area contributed by atoms with Crippen molar-refractivity contribution >= 4 is 33.1 Å². The van der Waals surface area contributed by atoms with Crippen LogP contribution in [0.3, 0.4) is 0 Å². The van der Waals surface area contributed by atoms with E-state index in [2.05, 4.69) is 9.98 Å². The lowest BCUT2D eigenvalue weighted by atomic mass is 10.0.